The van der Waals surface area contributed by atoms with Crippen LogP contribution in [-0.4, -0.2) is 62.0 Å². The lowest BCUT2D eigenvalue weighted by Gasteiger charge is -2.29. The van der Waals surface area contributed by atoms with Gasteiger partial charge in [-0.1, -0.05) is 0 Å². The average Bonchev–Trinajstić information content (AvgIpc) is 2.47. The van der Waals surface area contributed by atoms with Crippen molar-refractivity contribution < 1.29 is 62.2 Å². The molecule has 4 unspecified atom stereocenters. The van der Waals surface area contributed by atoms with Gasteiger partial charge in [0.25, 0.3) is 12.3 Å². The van der Waals surface area contributed by atoms with Crippen molar-refractivity contribution in [3.63, 3.8) is 0 Å². The minimum atomic E-state index is -5.89. The lowest BCUT2D eigenvalue weighted by atomic mass is 10.1. The van der Waals surface area contributed by atoms with Crippen molar-refractivity contribution in [3.05, 3.63) is 0 Å². The standard InChI is InChI=1S/C12H14F12O2/c1-5(9(15,16)7(13)11(19,20)21)25-3-4-26-6(2)10(17,18)8(14)12(22,23)24/h5-8H,3-4H2,1-2H3. The van der Waals surface area contributed by atoms with Gasteiger partial charge in [0.05, 0.1) is 13.2 Å². The molecule has 0 rings (SSSR count). The van der Waals surface area contributed by atoms with E-state index in [1.807, 2.05) is 0 Å². The first-order valence-corrected chi connectivity index (χ1v) is 6.76. The maximum atomic E-state index is 13.2. The van der Waals surface area contributed by atoms with Crippen molar-refractivity contribution in [2.24, 2.45) is 0 Å². The fraction of sp³-hybridized carbons (Fsp3) is 1.00. The number of ether oxygens (including phenoxy) is 2. The normalized spacial score (nSPS) is 19.2. The fourth-order valence-corrected chi connectivity index (χ4v) is 1.52. The predicted molar refractivity (Wildman–Crippen MR) is 62.6 cm³/mol. The van der Waals surface area contributed by atoms with E-state index in [2.05, 4.69) is 9.47 Å². The Morgan fingerprint density at radius 1 is 0.577 bits per heavy atom. The minimum Gasteiger partial charge on any atom is -0.370 e. The summed E-state index contributed by atoms with van der Waals surface area (Å²) in [6.07, 6.45) is -26.2. The van der Waals surface area contributed by atoms with Crippen LogP contribution in [0, 0.1) is 0 Å². The van der Waals surface area contributed by atoms with Gasteiger partial charge in [0, 0.05) is 0 Å². The van der Waals surface area contributed by atoms with Gasteiger partial charge in [0.1, 0.15) is 12.2 Å². The molecule has 2 nitrogen and oxygen atoms in total. The molecule has 0 bridgehead atoms. The third-order valence-electron chi connectivity index (χ3n) is 3.15. The number of hydrogen-bond donors (Lipinski definition) is 0. The molecule has 0 aromatic carbocycles. The summed E-state index contributed by atoms with van der Waals surface area (Å²) in [5.41, 5.74) is 0. The lowest BCUT2D eigenvalue weighted by molar-refractivity contribution is -0.278. The molecule has 0 amide bonds. The van der Waals surface area contributed by atoms with Crippen LogP contribution in [0.25, 0.3) is 0 Å². The second kappa shape index (κ2) is 8.40. The summed E-state index contributed by atoms with van der Waals surface area (Å²) in [7, 11) is 0. The third kappa shape index (κ3) is 6.35. The van der Waals surface area contributed by atoms with Crippen LogP contribution in [-0.2, 0) is 9.47 Å². The van der Waals surface area contributed by atoms with Crippen molar-refractivity contribution in [1.82, 2.24) is 0 Å². The van der Waals surface area contributed by atoms with Crippen molar-refractivity contribution in [3.8, 4) is 0 Å². The van der Waals surface area contributed by atoms with E-state index in [0.717, 1.165) is 0 Å². The average molecular weight is 418 g/mol. The second-order valence-electron chi connectivity index (χ2n) is 5.18. The highest BCUT2D eigenvalue weighted by Gasteiger charge is 2.61. The van der Waals surface area contributed by atoms with Crippen molar-refractivity contribution in [2.45, 2.75) is 62.6 Å². The summed E-state index contributed by atoms with van der Waals surface area (Å²) in [4.78, 5) is 0. The quantitative estimate of drug-likeness (QED) is 0.393. The van der Waals surface area contributed by atoms with Gasteiger partial charge in [-0.15, -0.1) is 0 Å². The molecular formula is C12H14F12O2. The zero-order valence-corrected chi connectivity index (χ0v) is 13.1. The summed E-state index contributed by atoms with van der Waals surface area (Å²) in [6.45, 7) is -1.47. The highest BCUT2D eigenvalue weighted by molar-refractivity contribution is 4.89. The molecule has 0 aliphatic rings. The molecule has 0 aromatic heterocycles. The molecule has 0 N–H and O–H groups in total. The van der Waals surface area contributed by atoms with Crippen LogP contribution in [0.1, 0.15) is 13.8 Å². The zero-order chi connectivity index (χ0) is 21.1. The molecule has 0 saturated heterocycles. The Morgan fingerprint density at radius 3 is 1.00 bits per heavy atom. The Hall–Kier alpha value is -0.920. The molecule has 14 heteroatoms. The van der Waals surface area contributed by atoms with Crippen molar-refractivity contribution >= 4 is 0 Å². The second-order valence-corrected chi connectivity index (χ2v) is 5.18. The van der Waals surface area contributed by atoms with Gasteiger partial charge in [0.15, 0.2) is 0 Å². The van der Waals surface area contributed by atoms with Crippen LogP contribution in [0.4, 0.5) is 52.7 Å². The summed E-state index contributed by atoms with van der Waals surface area (Å²) in [5.74, 6) is -10.0. The molecule has 0 aliphatic heterocycles. The summed E-state index contributed by atoms with van der Waals surface area (Å²) in [5, 5.41) is 0. The summed E-state index contributed by atoms with van der Waals surface area (Å²) < 4.78 is 158. The van der Waals surface area contributed by atoms with E-state index in [1.54, 1.807) is 0 Å². The van der Waals surface area contributed by atoms with Crippen LogP contribution in [0.15, 0.2) is 0 Å². The SMILES string of the molecule is CC(OCCOC(C)C(F)(F)C(F)C(F)(F)F)C(F)(F)C(F)C(F)(F)F. The van der Waals surface area contributed by atoms with E-state index in [-0.39, 0.29) is 0 Å². The molecule has 0 aliphatic carbocycles. The molecular weight excluding hydrogens is 404 g/mol. The van der Waals surface area contributed by atoms with Crippen LogP contribution in [0.5, 0.6) is 0 Å². The van der Waals surface area contributed by atoms with E-state index in [9.17, 15) is 52.7 Å². The molecule has 26 heavy (non-hydrogen) atoms. The summed E-state index contributed by atoms with van der Waals surface area (Å²) >= 11 is 0. The van der Waals surface area contributed by atoms with Gasteiger partial charge < -0.3 is 9.47 Å². The molecule has 0 saturated carbocycles. The Kier molecular flexibility index (Phi) is 8.10. The molecule has 4 atom stereocenters. The number of halogens is 12. The summed E-state index contributed by atoms with van der Waals surface area (Å²) in [6, 6.07) is 0. The van der Waals surface area contributed by atoms with Gasteiger partial charge in [0.2, 0.25) is 0 Å². The van der Waals surface area contributed by atoms with Crippen LogP contribution in [0.3, 0.4) is 0 Å². The van der Waals surface area contributed by atoms with Gasteiger partial charge in [-0.3, -0.25) is 0 Å². The van der Waals surface area contributed by atoms with Crippen LogP contribution < -0.4 is 0 Å². The Bertz CT molecular complexity index is 393. The minimum absolute atomic E-state index is 0.359. The molecule has 0 fully saturated rings. The fourth-order valence-electron chi connectivity index (χ4n) is 1.52. The van der Waals surface area contributed by atoms with Crippen LogP contribution in [0.2, 0.25) is 0 Å². The Labute approximate surface area is 139 Å². The van der Waals surface area contributed by atoms with Gasteiger partial charge in [-0.05, 0) is 13.8 Å². The van der Waals surface area contributed by atoms with Gasteiger partial charge in [-0.2, -0.15) is 26.3 Å². The smallest absolute Gasteiger partial charge is 0.370 e. The maximum Gasteiger partial charge on any atom is 0.425 e. The molecule has 0 radical (unpaired) electrons. The molecule has 0 aromatic rings. The molecule has 0 heterocycles. The van der Waals surface area contributed by atoms with E-state index < -0.39 is 62.0 Å². The van der Waals surface area contributed by atoms with Crippen molar-refractivity contribution in [2.75, 3.05) is 13.2 Å². The topological polar surface area (TPSA) is 18.5 Å². The monoisotopic (exact) mass is 418 g/mol. The van der Waals surface area contributed by atoms with E-state index in [4.69, 9.17) is 0 Å². The maximum absolute atomic E-state index is 13.2. The Morgan fingerprint density at radius 2 is 0.808 bits per heavy atom. The number of hydrogen-bond acceptors (Lipinski definition) is 2. The largest absolute Gasteiger partial charge is 0.425 e. The Balaban J connectivity index is 4.58. The zero-order valence-electron chi connectivity index (χ0n) is 13.1. The van der Waals surface area contributed by atoms with Crippen molar-refractivity contribution in [1.29, 1.82) is 0 Å². The van der Waals surface area contributed by atoms with E-state index in [0.29, 0.717) is 13.8 Å². The van der Waals surface area contributed by atoms with Gasteiger partial charge in [-0.25, -0.2) is 26.3 Å². The highest BCUT2D eigenvalue weighted by Crippen LogP contribution is 2.39. The first-order valence-electron chi connectivity index (χ1n) is 6.76. The number of rotatable bonds is 9. The molecule has 158 valence electrons. The predicted octanol–water partition coefficient (Wildman–Crippen LogP) is 4.87. The van der Waals surface area contributed by atoms with Crippen LogP contribution >= 0.6 is 0 Å². The first kappa shape index (κ1) is 25.1. The van der Waals surface area contributed by atoms with Gasteiger partial charge >= 0.3 is 24.2 Å². The number of alkyl halides is 12. The highest BCUT2D eigenvalue weighted by atomic mass is 19.4. The lowest BCUT2D eigenvalue weighted by Crippen LogP contribution is -2.50. The third-order valence-corrected chi connectivity index (χ3v) is 3.15. The van der Waals surface area contributed by atoms with E-state index in [1.165, 1.54) is 0 Å². The van der Waals surface area contributed by atoms with E-state index >= 15 is 0 Å². The molecule has 0 spiro atoms. The first-order chi connectivity index (χ1) is 11.4.